The van der Waals surface area contributed by atoms with Crippen LogP contribution in [0.5, 0.6) is 0 Å². The first kappa shape index (κ1) is 11.4. The minimum Gasteiger partial charge on any atom is -0.317 e. The first-order valence-corrected chi connectivity index (χ1v) is 6.70. The molecule has 2 atom stereocenters. The molecule has 88 valence electrons. The summed E-state index contributed by atoms with van der Waals surface area (Å²) < 4.78 is 0. The van der Waals surface area contributed by atoms with Gasteiger partial charge in [-0.15, -0.1) is 0 Å². The van der Waals surface area contributed by atoms with Crippen LogP contribution >= 0.6 is 0 Å². The minimum absolute atomic E-state index is 0.779. The second-order valence-corrected chi connectivity index (χ2v) is 5.41. The van der Waals surface area contributed by atoms with E-state index in [1.165, 1.54) is 51.4 Å². The van der Waals surface area contributed by atoms with E-state index in [4.69, 9.17) is 0 Å². The molecule has 0 saturated heterocycles. The highest BCUT2D eigenvalue weighted by molar-refractivity contribution is 4.88. The van der Waals surface area contributed by atoms with Crippen LogP contribution in [0.1, 0.15) is 51.4 Å². The predicted octanol–water partition coefficient (Wildman–Crippen LogP) is 2.39. The summed E-state index contributed by atoms with van der Waals surface area (Å²) >= 11 is 0. The van der Waals surface area contributed by atoms with E-state index in [0.29, 0.717) is 0 Å². The van der Waals surface area contributed by atoms with Gasteiger partial charge in [-0.3, -0.25) is 0 Å². The van der Waals surface area contributed by atoms with E-state index in [-0.39, 0.29) is 0 Å². The predicted molar refractivity (Wildman–Crippen MR) is 65.1 cm³/mol. The Hall–Kier alpha value is -0.0800. The maximum Gasteiger partial charge on any atom is 0.0110 e. The summed E-state index contributed by atoms with van der Waals surface area (Å²) in [6.45, 7) is 0. The summed E-state index contributed by atoms with van der Waals surface area (Å²) in [7, 11) is 4.46. The molecular weight excluding hydrogens is 184 g/mol. The molecule has 0 aromatic rings. The lowest BCUT2D eigenvalue weighted by Crippen LogP contribution is -2.40. The Morgan fingerprint density at radius 1 is 0.933 bits per heavy atom. The molecule has 2 fully saturated rings. The highest BCUT2D eigenvalue weighted by atomic mass is 15.2. The van der Waals surface area contributed by atoms with E-state index in [9.17, 15) is 0 Å². The second-order valence-electron chi connectivity index (χ2n) is 5.41. The zero-order chi connectivity index (χ0) is 10.7. The van der Waals surface area contributed by atoms with Crippen LogP contribution in [0.15, 0.2) is 0 Å². The number of nitrogens with one attached hydrogen (secondary N) is 1. The standard InChI is InChI=1S/C13H26N2/c1-14-11-8-9-13(10-11)15(2)12-6-4-3-5-7-12/h11-14H,3-10H2,1-2H3. The lowest BCUT2D eigenvalue weighted by molar-refractivity contribution is 0.138. The zero-order valence-corrected chi connectivity index (χ0v) is 10.3. The molecule has 0 bridgehead atoms. The molecule has 2 unspecified atom stereocenters. The van der Waals surface area contributed by atoms with Gasteiger partial charge in [0.25, 0.3) is 0 Å². The highest BCUT2D eigenvalue weighted by Crippen LogP contribution is 2.29. The third-order valence-corrected chi connectivity index (χ3v) is 4.54. The number of hydrogen-bond donors (Lipinski definition) is 1. The van der Waals surface area contributed by atoms with Crippen LogP contribution in [-0.4, -0.2) is 37.1 Å². The third kappa shape index (κ3) is 2.73. The van der Waals surface area contributed by atoms with Gasteiger partial charge in [0.1, 0.15) is 0 Å². The zero-order valence-electron chi connectivity index (χ0n) is 10.3. The fraction of sp³-hybridized carbons (Fsp3) is 1.00. The molecule has 2 aliphatic carbocycles. The minimum atomic E-state index is 0.779. The van der Waals surface area contributed by atoms with Crippen molar-refractivity contribution in [2.24, 2.45) is 0 Å². The first-order valence-electron chi connectivity index (χ1n) is 6.70. The monoisotopic (exact) mass is 210 g/mol. The SMILES string of the molecule is CNC1CCC(N(C)C2CCCCC2)C1. The van der Waals surface area contributed by atoms with Crippen LogP contribution in [0.3, 0.4) is 0 Å². The van der Waals surface area contributed by atoms with Crippen molar-refractivity contribution in [2.75, 3.05) is 14.1 Å². The Bertz CT molecular complexity index is 187. The van der Waals surface area contributed by atoms with Crippen molar-refractivity contribution in [1.82, 2.24) is 10.2 Å². The molecule has 2 saturated carbocycles. The Morgan fingerprint density at radius 3 is 2.27 bits per heavy atom. The smallest absolute Gasteiger partial charge is 0.0110 e. The van der Waals surface area contributed by atoms with Crippen LogP contribution in [-0.2, 0) is 0 Å². The van der Waals surface area contributed by atoms with Crippen LogP contribution in [0, 0.1) is 0 Å². The summed E-state index contributed by atoms with van der Waals surface area (Å²) in [6.07, 6.45) is 11.4. The van der Waals surface area contributed by atoms with Crippen LogP contribution in [0.25, 0.3) is 0 Å². The summed E-state index contributed by atoms with van der Waals surface area (Å²) in [5, 5.41) is 3.43. The van der Waals surface area contributed by atoms with E-state index in [2.05, 4.69) is 24.3 Å². The molecule has 2 aliphatic rings. The first-order chi connectivity index (χ1) is 7.31. The third-order valence-electron chi connectivity index (χ3n) is 4.54. The van der Waals surface area contributed by atoms with Gasteiger partial charge in [0.2, 0.25) is 0 Å². The van der Waals surface area contributed by atoms with Crippen LogP contribution in [0.2, 0.25) is 0 Å². The molecule has 15 heavy (non-hydrogen) atoms. The summed E-state index contributed by atoms with van der Waals surface area (Å²) in [6, 6.07) is 2.52. The largest absolute Gasteiger partial charge is 0.317 e. The molecule has 0 radical (unpaired) electrons. The number of hydrogen-bond acceptors (Lipinski definition) is 2. The van der Waals surface area contributed by atoms with Crippen molar-refractivity contribution in [2.45, 2.75) is 69.5 Å². The van der Waals surface area contributed by atoms with Crippen LogP contribution < -0.4 is 5.32 Å². The molecule has 1 N–H and O–H groups in total. The molecule has 0 heterocycles. The molecule has 0 amide bonds. The van der Waals surface area contributed by atoms with Gasteiger partial charge >= 0.3 is 0 Å². The highest BCUT2D eigenvalue weighted by Gasteiger charge is 2.30. The fourth-order valence-corrected chi connectivity index (χ4v) is 3.38. The molecule has 2 rings (SSSR count). The van der Waals surface area contributed by atoms with Gasteiger partial charge in [-0.1, -0.05) is 19.3 Å². The van der Waals surface area contributed by atoms with Gasteiger partial charge < -0.3 is 10.2 Å². The van der Waals surface area contributed by atoms with E-state index in [1.807, 2.05) is 0 Å². The van der Waals surface area contributed by atoms with Crippen molar-refractivity contribution >= 4 is 0 Å². The molecule has 2 heteroatoms. The van der Waals surface area contributed by atoms with Gasteiger partial charge in [-0.25, -0.2) is 0 Å². The lowest BCUT2D eigenvalue weighted by Gasteiger charge is -2.35. The quantitative estimate of drug-likeness (QED) is 0.769. The average Bonchev–Trinajstić information content (AvgIpc) is 2.78. The van der Waals surface area contributed by atoms with E-state index < -0.39 is 0 Å². The summed E-state index contributed by atoms with van der Waals surface area (Å²) in [5.41, 5.74) is 0. The lowest BCUT2D eigenvalue weighted by atomic mass is 9.93. The topological polar surface area (TPSA) is 15.3 Å². The molecular formula is C13H26N2. The van der Waals surface area contributed by atoms with Crippen LogP contribution in [0.4, 0.5) is 0 Å². The van der Waals surface area contributed by atoms with E-state index >= 15 is 0 Å². The van der Waals surface area contributed by atoms with Gasteiger partial charge in [-0.2, -0.15) is 0 Å². The maximum absolute atomic E-state index is 3.43. The fourth-order valence-electron chi connectivity index (χ4n) is 3.38. The van der Waals surface area contributed by atoms with Crippen molar-refractivity contribution in [3.63, 3.8) is 0 Å². The average molecular weight is 210 g/mol. The van der Waals surface area contributed by atoms with Crippen molar-refractivity contribution in [3.8, 4) is 0 Å². The Morgan fingerprint density at radius 2 is 1.67 bits per heavy atom. The molecule has 0 aliphatic heterocycles. The van der Waals surface area contributed by atoms with Crippen molar-refractivity contribution < 1.29 is 0 Å². The Labute approximate surface area is 94.4 Å². The van der Waals surface area contributed by atoms with E-state index in [1.54, 1.807) is 0 Å². The van der Waals surface area contributed by atoms with Gasteiger partial charge in [0, 0.05) is 18.1 Å². The second kappa shape index (κ2) is 5.31. The normalized spacial score (nSPS) is 33.8. The van der Waals surface area contributed by atoms with Gasteiger partial charge in [-0.05, 0) is 46.2 Å². The van der Waals surface area contributed by atoms with Gasteiger partial charge in [0.15, 0.2) is 0 Å². The molecule has 0 aromatic carbocycles. The number of rotatable bonds is 3. The summed E-state index contributed by atoms with van der Waals surface area (Å²) in [5.74, 6) is 0. The maximum atomic E-state index is 3.43. The van der Waals surface area contributed by atoms with Crippen molar-refractivity contribution in [3.05, 3.63) is 0 Å². The van der Waals surface area contributed by atoms with E-state index in [0.717, 1.165) is 18.1 Å². The van der Waals surface area contributed by atoms with Crippen molar-refractivity contribution in [1.29, 1.82) is 0 Å². The number of nitrogens with zero attached hydrogens (tertiary/aromatic N) is 1. The molecule has 2 nitrogen and oxygen atoms in total. The summed E-state index contributed by atoms with van der Waals surface area (Å²) in [4.78, 5) is 2.69. The molecule has 0 aromatic heterocycles. The van der Waals surface area contributed by atoms with Gasteiger partial charge in [0.05, 0.1) is 0 Å². The Balaban J connectivity index is 1.82. The molecule has 0 spiro atoms. The Kier molecular flexibility index (Phi) is 4.04.